The zero-order valence-electron chi connectivity index (χ0n) is 9.72. The number of benzene rings is 1. The van der Waals surface area contributed by atoms with E-state index in [4.69, 9.17) is 0 Å². The van der Waals surface area contributed by atoms with Crippen molar-refractivity contribution in [3.8, 4) is 0 Å². The molecule has 1 aromatic rings. The summed E-state index contributed by atoms with van der Waals surface area (Å²) in [5.74, 6) is 0.755. The topological polar surface area (TPSA) is 0 Å². The summed E-state index contributed by atoms with van der Waals surface area (Å²) in [7, 11) is 0. The Morgan fingerprint density at radius 1 is 1.00 bits per heavy atom. The molecule has 0 aliphatic heterocycles. The molecule has 0 saturated carbocycles. The third-order valence-corrected chi connectivity index (χ3v) is 2.53. The molecule has 0 bridgehead atoms. The van der Waals surface area contributed by atoms with E-state index in [-0.39, 0.29) is 0 Å². The Hall–Kier alpha value is -1.04. The van der Waals surface area contributed by atoms with Gasteiger partial charge in [-0.15, -0.1) is 13.2 Å². The van der Waals surface area contributed by atoms with Gasteiger partial charge in [0.25, 0.3) is 0 Å². The first-order valence-electron chi connectivity index (χ1n) is 5.34. The molecular weight excluding hydrogens is 168 g/mol. The Bertz CT molecular complexity index is 229. The van der Waals surface area contributed by atoms with Crippen molar-refractivity contribution in [3.63, 3.8) is 0 Å². The molecule has 0 aliphatic carbocycles. The molecule has 0 heterocycles. The van der Waals surface area contributed by atoms with E-state index in [1.165, 1.54) is 24.0 Å². The molecule has 0 heteroatoms. The molecule has 0 fully saturated rings. The second kappa shape index (κ2) is 7.37. The highest BCUT2D eigenvalue weighted by molar-refractivity contribution is 5.24. The fourth-order valence-electron chi connectivity index (χ4n) is 1.60. The standard InChI is InChI=1S/C12H18.C2H4/c1-4-11(5-2)12-8-6-10(3)7-9-12;1-2/h6-9,11H,4-5H2,1-3H3;1-2H2. The van der Waals surface area contributed by atoms with E-state index in [0.29, 0.717) is 0 Å². The summed E-state index contributed by atoms with van der Waals surface area (Å²) >= 11 is 0. The fourth-order valence-corrected chi connectivity index (χ4v) is 1.60. The first-order valence-corrected chi connectivity index (χ1v) is 5.34. The Labute approximate surface area is 88.7 Å². The first-order chi connectivity index (χ1) is 6.77. The van der Waals surface area contributed by atoms with Gasteiger partial charge in [-0.3, -0.25) is 0 Å². The number of hydrogen-bond acceptors (Lipinski definition) is 0. The second-order valence-corrected chi connectivity index (χ2v) is 3.42. The second-order valence-electron chi connectivity index (χ2n) is 3.42. The average Bonchev–Trinajstić information content (AvgIpc) is 2.25. The smallest absolute Gasteiger partial charge is 0.0167 e. The van der Waals surface area contributed by atoms with Gasteiger partial charge in [-0.2, -0.15) is 0 Å². The molecule has 0 spiro atoms. The molecule has 0 N–H and O–H groups in total. The summed E-state index contributed by atoms with van der Waals surface area (Å²) in [4.78, 5) is 0. The van der Waals surface area contributed by atoms with Crippen molar-refractivity contribution >= 4 is 0 Å². The molecule has 0 amide bonds. The largest absolute Gasteiger partial charge is 0.106 e. The molecule has 0 aromatic heterocycles. The highest BCUT2D eigenvalue weighted by Gasteiger charge is 2.04. The quantitative estimate of drug-likeness (QED) is 0.606. The summed E-state index contributed by atoms with van der Waals surface area (Å²) in [6.45, 7) is 12.7. The van der Waals surface area contributed by atoms with Crippen LogP contribution in [0.2, 0.25) is 0 Å². The molecule has 0 aliphatic rings. The van der Waals surface area contributed by atoms with Gasteiger partial charge in [0.2, 0.25) is 0 Å². The van der Waals surface area contributed by atoms with E-state index >= 15 is 0 Å². The van der Waals surface area contributed by atoms with Crippen LogP contribution in [0.25, 0.3) is 0 Å². The van der Waals surface area contributed by atoms with Crippen molar-refractivity contribution in [2.45, 2.75) is 39.5 Å². The van der Waals surface area contributed by atoms with Gasteiger partial charge in [0.1, 0.15) is 0 Å². The molecule has 0 saturated heterocycles. The third-order valence-electron chi connectivity index (χ3n) is 2.53. The minimum absolute atomic E-state index is 0.755. The van der Waals surface area contributed by atoms with Crippen LogP contribution in [-0.2, 0) is 0 Å². The lowest BCUT2D eigenvalue weighted by atomic mass is 9.93. The number of hydrogen-bond donors (Lipinski definition) is 0. The van der Waals surface area contributed by atoms with Crippen LogP contribution in [0, 0.1) is 6.92 Å². The van der Waals surface area contributed by atoms with Gasteiger partial charge in [0.05, 0.1) is 0 Å². The lowest BCUT2D eigenvalue weighted by molar-refractivity contribution is 0.642. The maximum absolute atomic E-state index is 3.00. The van der Waals surface area contributed by atoms with Crippen LogP contribution in [0.15, 0.2) is 37.4 Å². The van der Waals surface area contributed by atoms with E-state index in [9.17, 15) is 0 Å². The van der Waals surface area contributed by atoms with E-state index in [1.807, 2.05) is 0 Å². The first kappa shape index (κ1) is 13.0. The number of rotatable bonds is 3. The van der Waals surface area contributed by atoms with Crippen LogP contribution in [0.1, 0.15) is 43.7 Å². The fraction of sp³-hybridized carbons (Fsp3) is 0.429. The zero-order valence-corrected chi connectivity index (χ0v) is 9.72. The van der Waals surface area contributed by atoms with E-state index in [0.717, 1.165) is 5.92 Å². The lowest BCUT2D eigenvalue weighted by Gasteiger charge is -2.12. The summed E-state index contributed by atoms with van der Waals surface area (Å²) < 4.78 is 0. The molecule has 14 heavy (non-hydrogen) atoms. The Kier molecular flexibility index (Phi) is 6.82. The minimum atomic E-state index is 0.755. The molecule has 0 atom stereocenters. The van der Waals surface area contributed by atoms with Gasteiger partial charge in [-0.1, -0.05) is 43.7 Å². The SMILES string of the molecule is C=C.CCC(CC)c1ccc(C)cc1. The highest BCUT2D eigenvalue weighted by atomic mass is 14.1. The Morgan fingerprint density at radius 2 is 1.43 bits per heavy atom. The molecule has 0 radical (unpaired) electrons. The molecule has 0 unspecified atom stereocenters. The maximum Gasteiger partial charge on any atom is -0.0167 e. The van der Waals surface area contributed by atoms with Crippen LogP contribution >= 0.6 is 0 Å². The number of aryl methyl sites for hydroxylation is 1. The molecule has 78 valence electrons. The summed E-state index contributed by atoms with van der Waals surface area (Å²) in [5.41, 5.74) is 2.84. The summed E-state index contributed by atoms with van der Waals surface area (Å²) in [5, 5.41) is 0. The van der Waals surface area contributed by atoms with Gasteiger partial charge < -0.3 is 0 Å². The summed E-state index contributed by atoms with van der Waals surface area (Å²) in [6.07, 6.45) is 2.50. The minimum Gasteiger partial charge on any atom is -0.106 e. The van der Waals surface area contributed by atoms with Crippen molar-refractivity contribution < 1.29 is 0 Å². The van der Waals surface area contributed by atoms with Crippen molar-refractivity contribution in [3.05, 3.63) is 48.6 Å². The summed E-state index contributed by atoms with van der Waals surface area (Å²) in [6, 6.07) is 8.92. The molecular formula is C14H22. The monoisotopic (exact) mass is 190 g/mol. The molecule has 1 aromatic carbocycles. The van der Waals surface area contributed by atoms with Crippen LogP contribution in [-0.4, -0.2) is 0 Å². The third kappa shape index (κ3) is 3.78. The predicted octanol–water partition coefficient (Wildman–Crippen LogP) is 4.70. The van der Waals surface area contributed by atoms with Crippen molar-refractivity contribution in [2.75, 3.05) is 0 Å². The van der Waals surface area contributed by atoms with Crippen molar-refractivity contribution in [1.29, 1.82) is 0 Å². The van der Waals surface area contributed by atoms with Gasteiger partial charge in [0.15, 0.2) is 0 Å². The van der Waals surface area contributed by atoms with Crippen molar-refractivity contribution in [2.24, 2.45) is 0 Å². The molecule has 1 rings (SSSR count). The van der Waals surface area contributed by atoms with Crippen LogP contribution in [0.4, 0.5) is 0 Å². The van der Waals surface area contributed by atoms with E-state index in [2.05, 4.69) is 58.2 Å². The van der Waals surface area contributed by atoms with Gasteiger partial charge in [-0.05, 0) is 31.2 Å². The van der Waals surface area contributed by atoms with Crippen LogP contribution < -0.4 is 0 Å². The van der Waals surface area contributed by atoms with Gasteiger partial charge in [0, 0.05) is 0 Å². The lowest BCUT2D eigenvalue weighted by Crippen LogP contribution is -1.94. The van der Waals surface area contributed by atoms with Gasteiger partial charge in [-0.25, -0.2) is 0 Å². The van der Waals surface area contributed by atoms with Crippen LogP contribution in [0.5, 0.6) is 0 Å². The van der Waals surface area contributed by atoms with Crippen LogP contribution in [0.3, 0.4) is 0 Å². The Balaban J connectivity index is 0.000000791. The van der Waals surface area contributed by atoms with E-state index < -0.39 is 0 Å². The van der Waals surface area contributed by atoms with Gasteiger partial charge >= 0.3 is 0 Å². The Morgan fingerprint density at radius 3 is 1.79 bits per heavy atom. The maximum atomic E-state index is 3.00. The highest BCUT2D eigenvalue weighted by Crippen LogP contribution is 2.22. The van der Waals surface area contributed by atoms with E-state index in [1.54, 1.807) is 0 Å². The van der Waals surface area contributed by atoms with Crippen molar-refractivity contribution in [1.82, 2.24) is 0 Å². The molecule has 0 nitrogen and oxygen atoms in total. The normalized spacial score (nSPS) is 9.43. The average molecular weight is 190 g/mol. The zero-order chi connectivity index (χ0) is 11.0. The predicted molar refractivity (Wildman–Crippen MR) is 65.8 cm³/mol.